The molecule has 0 aliphatic rings. The van der Waals surface area contributed by atoms with Gasteiger partial charge in [-0.05, 0) is 42.7 Å². The lowest BCUT2D eigenvalue weighted by atomic mass is 9.88. The fourth-order valence-electron chi connectivity index (χ4n) is 3.45. The van der Waals surface area contributed by atoms with Crippen LogP contribution in [0.25, 0.3) is 0 Å². The Balaban J connectivity index is 1.63. The Hall–Kier alpha value is -3.11. The number of rotatable bonds is 9. The van der Waals surface area contributed by atoms with Gasteiger partial charge in [-0.15, -0.1) is 0 Å². The molecule has 3 aromatic carbocycles. The summed E-state index contributed by atoms with van der Waals surface area (Å²) in [6.07, 6.45) is -0.418. The first-order valence-electron chi connectivity index (χ1n) is 10.3. The van der Waals surface area contributed by atoms with Crippen molar-refractivity contribution in [3.63, 3.8) is 0 Å². The molecule has 0 fully saturated rings. The van der Waals surface area contributed by atoms with Gasteiger partial charge < -0.3 is 15.2 Å². The minimum atomic E-state index is -0.795. The fourth-order valence-corrected chi connectivity index (χ4v) is 3.45. The van der Waals surface area contributed by atoms with Crippen molar-refractivity contribution in [1.82, 2.24) is 5.32 Å². The van der Waals surface area contributed by atoms with Crippen LogP contribution in [0.5, 0.6) is 5.75 Å². The quantitative estimate of drug-likeness (QED) is 0.537. The summed E-state index contributed by atoms with van der Waals surface area (Å²) in [7, 11) is 0. The molecule has 0 heterocycles. The molecule has 0 radical (unpaired) electrons. The van der Waals surface area contributed by atoms with E-state index in [9.17, 15) is 9.90 Å². The first-order valence-corrected chi connectivity index (χ1v) is 10.3. The standard InChI is InChI=1S/C26H29NO3/c1-19(2)30-23-15-9-14-22(16-23)25(28)18-27-26(29)17-24(20-10-5-3-6-11-20)21-12-7-4-8-13-21/h3-16,19,24-25,28H,17-18H2,1-2H3,(H,27,29). The van der Waals surface area contributed by atoms with E-state index >= 15 is 0 Å². The molecule has 30 heavy (non-hydrogen) atoms. The summed E-state index contributed by atoms with van der Waals surface area (Å²) >= 11 is 0. The van der Waals surface area contributed by atoms with Crippen LogP contribution < -0.4 is 10.1 Å². The Morgan fingerprint density at radius 3 is 2.00 bits per heavy atom. The number of aliphatic hydroxyl groups is 1. The highest BCUT2D eigenvalue weighted by molar-refractivity contribution is 5.77. The number of carbonyl (C=O) groups excluding carboxylic acids is 1. The van der Waals surface area contributed by atoms with Gasteiger partial charge in [0.15, 0.2) is 0 Å². The van der Waals surface area contributed by atoms with Gasteiger partial charge in [0, 0.05) is 18.9 Å². The summed E-state index contributed by atoms with van der Waals surface area (Å²) in [5.74, 6) is 0.578. The van der Waals surface area contributed by atoms with Crippen LogP contribution in [0.4, 0.5) is 0 Å². The molecule has 0 aliphatic carbocycles. The molecule has 4 heteroatoms. The lowest BCUT2D eigenvalue weighted by Crippen LogP contribution is -2.29. The molecule has 1 amide bonds. The van der Waals surface area contributed by atoms with E-state index in [1.807, 2.05) is 98.8 Å². The maximum Gasteiger partial charge on any atom is 0.221 e. The lowest BCUT2D eigenvalue weighted by molar-refractivity contribution is -0.121. The molecule has 3 rings (SSSR count). The van der Waals surface area contributed by atoms with Gasteiger partial charge in [0.25, 0.3) is 0 Å². The van der Waals surface area contributed by atoms with Crippen LogP contribution in [0.3, 0.4) is 0 Å². The summed E-state index contributed by atoms with van der Waals surface area (Å²) in [6, 6.07) is 27.4. The van der Waals surface area contributed by atoms with E-state index in [0.29, 0.717) is 12.2 Å². The third-order valence-electron chi connectivity index (χ3n) is 4.90. The second-order valence-corrected chi connectivity index (χ2v) is 7.64. The zero-order chi connectivity index (χ0) is 21.3. The number of carbonyl (C=O) groups is 1. The van der Waals surface area contributed by atoms with Crippen LogP contribution in [0.15, 0.2) is 84.9 Å². The third-order valence-corrected chi connectivity index (χ3v) is 4.90. The average Bonchev–Trinajstić information content (AvgIpc) is 2.76. The van der Waals surface area contributed by atoms with Crippen molar-refractivity contribution >= 4 is 5.91 Å². The van der Waals surface area contributed by atoms with Gasteiger partial charge in [-0.25, -0.2) is 0 Å². The van der Waals surface area contributed by atoms with E-state index in [1.54, 1.807) is 0 Å². The lowest BCUT2D eigenvalue weighted by Gasteiger charge is -2.19. The predicted octanol–water partition coefficient (Wildman–Crippen LogP) is 4.85. The molecule has 0 saturated carbocycles. The third kappa shape index (κ3) is 6.19. The molecule has 0 aromatic heterocycles. The predicted molar refractivity (Wildman–Crippen MR) is 120 cm³/mol. The van der Waals surface area contributed by atoms with Crippen LogP contribution >= 0.6 is 0 Å². The minimum Gasteiger partial charge on any atom is -0.491 e. The Bertz CT molecular complexity index is 886. The van der Waals surface area contributed by atoms with Crippen LogP contribution in [-0.4, -0.2) is 23.7 Å². The number of hydrogen-bond donors (Lipinski definition) is 2. The van der Waals surface area contributed by atoms with E-state index < -0.39 is 6.10 Å². The number of hydrogen-bond acceptors (Lipinski definition) is 3. The van der Waals surface area contributed by atoms with Crippen molar-refractivity contribution in [2.24, 2.45) is 0 Å². The highest BCUT2D eigenvalue weighted by Crippen LogP contribution is 2.28. The van der Waals surface area contributed by atoms with Crippen LogP contribution in [0, 0.1) is 0 Å². The summed E-state index contributed by atoms with van der Waals surface area (Å²) < 4.78 is 5.68. The number of aliphatic hydroxyl groups excluding tert-OH is 1. The highest BCUT2D eigenvalue weighted by Gasteiger charge is 2.19. The fraction of sp³-hybridized carbons (Fsp3) is 0.269. The first-order chi connectivity index (χ1) is 14.5. The normalized spacial score (nSPS) is 12.0. The maximum atomic E-state index is 12.7. The smallest absolute Gasteiger partial charge is 0.221 e. The molecule has 0 bridgehead atoms. The molecule has 0 spiro atoms. The van der Waals surface area contributed by atoms with Gasteiger partial charge in [0.05, 0.1) is 12.2 Å². The molecule has 0 aliphatic heterocycles. The van der Waals surface area contributed by atoms with Gasteiger partial charge in [-0.1, -0.05) is 72.8 Å². The monoisotopic (exact) mass is 403 g/mol. The van der Waals surface area contributed by atoms with E-state index in [-0.39, 0.29) is 24.5 Å². The van der Waals surface area contributed by atoms with Gasteiger partial charge in [-0.3, -0.25) is 4.79 Å². The van der Waals surface area contributed by atoms with Crippen molar-refractivity contribution in [3.05, 3.63) is 102 Å². The van der Waals surface area contributed by atoms with Crippen molar-refractivity contribution in [1.29, 1.82) is 0 Å². The van der Waals surface area contributed by atoms with Gasteiger partial charge in [-0.2, -0.15) is 0 Å². The molecule has 4 nitrogen and oxygen atoms in total. The van der Waals surface area contributed by atoms with Gasteiger partial charge in [0.2, 0.25) is 5.91 Å². The zero-order valence-electron chi connectivity index (χ0n) is 17.5. The van der Waals surface area contributed by atoms with Crippen LogP contribution in [0.1, 0.15) is 49.0 Å². The van der Waals surface area contributed by atoms with E-state index in [1.165, 1.54) is 0 Å². The average molecular weight is 404 g/mol. The summed E-state index contributed by atoms with van der Waals surface area (Å²) in [6.45, 7) is 4.07. The topological polar surface area (TPSA) is 58.6 Å². The minimum absolute atomic E-state index is 0.0349. The van der Waals surface area contributed by atoms with Crippen molar-refractivity contribution in [2.75, 3.05) is 6.54 Å². The number of benzene rings is 3. The molecule has 1 atom stereocenters. The molecular weight excluding hydrogens is 374 g/mol. The first kappa shape index (κ1) is 21.6. The SMILES string of the molecule is CC(C)Oc1cccc(C(O)CNC(=O)CC(c2ccccc2)c2ccccc2)c1. The molecule has 1 unspecified atom stereocenters. The molecule has 0 saturated heterocycles. The molecular formula is C26H29NO3. The Morgan fingerprint density at radius 1 is 0.867 bits per heavy atom. The summed E-state index contributed by atoms with van der Waals surface area (Å²) in [5.41, 5.74) is 2.91. The van der Waals surface area contributed by atoms with Crippen LogP contribution in [-0.2, 0) is 4.79 Å². The molecule has 3 aromatic rings. The van der Waals surface area contributed by atoms with E-state index in [2.05, 4.69) is 5.32 Å². The van der Waals surface area contributed by atoms with Gasteiger partial charge in [0.1, 0.15) is 5.75 Å². The Morgan fingerprint density at radius 2 is 1.43 bits per heavy atom. The number of nitrogens with one attached hydrogen (secondary N) is 1. The summed E-state index contributed by atoms with van der Waals surface area (Å²) in [4.78, 5) is 12.7. The van der Waals surface area contributed by atoms with E-state index in [0.717, 1.165) is 16.7 Å². The van der Waals surface area contributed by atoms with Crippen molar-refractivity contribution in [2.45, 2.75) is 38.4 Å². The molecule has 156 valence electrons. The largest absolute Gasteiger partial charge is 0.491 e. The second kappa shape index (κ2) is 10.6. The molecule has 2 N–H and O–H groups in total. The number of amides is 1. The van der Waals surface area contributed by atoms with Crippen molar-refractivity contribution < 1.29 is 14.6 Å². The number of ether oxygens (including phenoxy) is 1. The Kier molecular flexibility index (Phi) is 7.63. The zero-order valence-corrected chi connectivity index (χ0v) is 17.5. The van der Waals surface area contributed by atoms with Crippen LogP contribution in [0.2, 0.25) is 0 Å². The summed E-state index contributed by atoms with van der Waals surface area (Å²) in [5, 5.41) is 13.4. The Labute approximate surface area is 178 Å². The second-order valence-electron chi connectivity index (χ2n) is 7.64. The maximum absolute atomic E-state index is 12.7. The van der Waals surface area contributed by atoms with E-state index in [4.69, 9.17) is 4.74 Å². The van der Waals surface area contributed by atoms with Crippen molar-refractivity contribution in [3.8, 4) is 5.75 Å². The van der Waals surface area contributed by atoms with Gasteiger partial charge >= 0.3 is 0 Å². The highest BCUT2D eigenvalue weighted by atomic mass is 16.5.